The molecule has 1 saturated heterocycles. The maximum absolute atomic E-state index is 13.0. The zero-order valence-electron chi connectivity index (χ0n) is 13.3. The van der Waals surface area contributed by atoms with Crippen molar-refractivity contribution >= 4 is 5.91 Å². The molecule has 4 atom stereocenters. The molecule has 3 rings (SSSR count). The molecule has 2 fully saturated rings. The van der Waals surface area contributed by atoms with Crippen LogP contribution in [-0.4, -0.2) is 23.0 Å². The van der Waals surface area contributed by atoms with Crippen molar-refractivity contribution in [3.63, 3.8) is 0 Å². The number of rotatable bonds is 3. The fraction of sp³-hybridized carbons (Fsp3) is 0.611. The highest BCUT2D eigenvalue weighted by Crippen LogP contribution is 2.37. The first-order valence-electron chi connectivity index (χ1n) is 8.22. The van der Waals surface area contributed by atoms with E-state index in [9.17, 15) is 4.79 Å². The van der Waals surface area contributed by atoms with Crippen molar-refractivity contribution in [2.24, 2.45) is 11.8 Å². The lowest BCUT2D eigenvalue weighted by atomic mass is 10.0. The molecule has 1 saturated carbocycles. The van der Waals surface area contributed by atoms with Crippen LogP contribution in [0.2, 0.25) is 0 Å². The predicted molar refractivity (Wildman–Crippen MR) is 84.6 cm³/mol. The third-order valence-corrected chi connectivity index (χ3v) is 5.08. The third kappa shape index (κ3) is 2.59. The summed E-state index contributed by atoms with van der Waals surface area (Å²) in [6.45, 7) is 6.69. The molecule has 0 aromatic heterocycles. The van der Waals surface area contributed by atoms with Crippen molar-refractivity contribution in [3.8, 4) is 0 Å². The van der Waals surface area contributed by atoms with Gasteiger partial charge in [-0.1, -0.05) is 57.5 Å². The Morgan fingerprint density at radius 1 is 1.19 bits per heavy atom. The van der Waals surface area contributed by atoms with Crippen molar-refractivity contribution in [1.29, 1.82) is 0 Å². The van der Waals surface area contributed by atoms with Gasteiger partial charge in [-0.3, -0.25) is 10.1 Å². The minimum Gasteiger partial charge on any atom is -0.322 e. The van der Waals surface area contributed by atoms with Crippen LogP contribution in [0.25, 0.3) is 0 Å². The SMILES string of the molecule is CC(C)C1NC(c2ccccc2)C(=O)N1C1CCCC1C. The molecular weight excluding hydrogens is 260 g/mol. The van der Waals surface area contributed by atoms with Gasteiger partial charge in [0.15, 0.2) is 0 Å². The topological polar surface area (TPSA) is 32.3 Å². The molecule has 1 amide bonds. The standard InChI is InChI=1S/C18H26N2O/c1-12(2)17-19-16(14-9-5-4-6-10-14)18(21)20(17)15-11-7-8-13(15)3/h4-6,9-10,12-13,15-17,19H,7-8,11H2,1-3H3. The molecule has 21 heavy (non-hydrogen) atoms. The normalized spacial score (nSPS) is 33.1. The van der Waals surface area contributed by atoms with Gasteiger partial charge >= 0.3 is 0 Å². The van der Waals surface area contributed by atoms with Gasteiger partial charge in [0.25, 0.3) is 0 Å². The van der Waals surface area contributed by atoms with Crippen molar-refractivity contribution in [2.75, 3.05) is 0 Å². The van der Waals surface area contributed by atoms with Crippen LogP contribution in [0.1, 0.15) is 51.6 Å². The quantitative estimate of drug-likeness (QED) is 0.924. The van der Waals surface area contributed by atoms with Crippen LogP contribution in [-0.2, 0) is 4.79 Å². The van der Waals surface area contributed by atoms with E-state index in [-0.39, 0.29) is 18.1 Å². The van der Waals surface area contributed by atoms with Gasteiger partial charge in [-0.15, -0.1) is 0 Å². The molecule has 1 aliphatic carbocycles. The molecule has 0 radical (unpaired) electrons. The second-order valence-corrected chi connectivity index (χ2v) is 6.92. The largest absolute Gasteiger partial charge is 0.322 e. The summed E-state index contributed by atoms with van der Waals surface area (Å²) in [5, 5.41) is 3.58. The number of carbonyl (C=O) groups is 1. The lowest BCUT2D eigenvalue weighted by Gasteiger charge is -2.34. The number of carbonyl (C=O) groups excluding carboxylic acids is 1. The van der Waals surface area contributed by atoms with Crippen molar-refractivity contribution in [1.82, 2.24) is 10.2 Å². The first-order valence-corrected chi connectivity index (χ1v) is 8.22. The molecule has 1 aliphatic heterocycles. The second-order valence-electron chi connectivity index (χ2n) is 6.92. The minimum atomic E-state index is -0.175. The molecule has 1 aromatic rings. The summed E-state index contributed by atoms with van der Waals surface area (Å²) in [6, 6.07) is 10.4. The van der Waals surface area contributed by atoms with Gasteiger partial charge < -0.3 is 4.90 Å². The fourth-order valence-corrected chi connectivity index (χ4v) is 3.92. The first kappa shape index (κ1) is 14.6. The maximum atomic E-state index is 13.0. The molecule has 1 heterocycles. The molecule has 2 aliphatic rings. The van der Waals surface area contributed by atoms with Crippen molar-refractivity contribution in [2.45, 2.75) is 58.3 Å². The number of amides is 1. The molecule has 1 aromatic carbocycles. The fourth-order valence-electron chi connectivity index (χ4n) is 3.92. The average Bonchev–Trinajstić information content (AvgIpc) is 3.03. The molecule has 1 N–H and O–H groups in total. The summed E-state index contributed by atoms with van der Waals surface area (Å²) in [4.78, 5) is 15.2. The van der Waals surface area contributed by atoms with Gasteiger partial charge in [-0.2, -0.15) is 0 Å². The van der Waals surface area contributed by atoms with Crippen molar-refractivity contribution < 1.29 is 4.79 Å². The highest BCUT2D eigenvalue weighted by atomic mass is 16.2. The van der Waals surface area contributed by atoms with Gasteiger partial charge in [0.2, 0.25) is 5.91 Å². The molecule has 0 bridgehead atoms. The lowest BCUT2D eigenvalue weighted by molar-refractivity contribution is -0.133. The number of hydrogen-bond donors (Lipinski definition) is 1. The Bertz CT molecular complexity index is 499. The van der Waals surface area contributed by atoms with E-state index in [1.165, 1.54) is 12.8 Å². The zero-order valence-corrected chi connectivity index (χ0v) is 13.3. The Hall–Kier alpha value is -1.35. The molecule has 0 spiro atoms. The Balaban J connectivity index is 1.89. The number of nitrogens with one attached hydrogen (secondary N) is 1. The zero-order chi connectivity index (χ0) is 15.0. The van der Waals surface area contributed by atoms with E-state index < -0.39 is 0 Å². The summed E-state index contributed by atoms with van der Waals surface area (Å²) in [7, 11) is 0. The Kier molecular flexibility index (Phi) is 4.03. The molecule has 114 valence electrons. The Labute approximate surface area is 127 Å². The van der Waals surface area contributed by atoms with Crippen LogP contribution >= 0.6 is 0 Å². The van der Waals surface area contributed by atoms with Crippen LogP contribution in [0.5, 0.6) is 0 Å². The van der Waals surface area contributed by atoms with E-state index in [1.54, 1.807) is 0 Å². The maximum Gasteiger partial charge on any atom is 0.245 e. The Morgan fingerprint density at radius 3 is 2.48 bits per heavy atom. The first-order chi connectivity index (χ1) is 10.1. The number of benzene rings is 1. The third-order valence-electron chi connectivity index (χ3n) is 5.08. The monoisotopic (exact) mass is 286 g/mol. The van der Waals surface area contributed by atoms with Crippen LogP contribution < -0.4 is 5.32 Å². The summed E-state index contributed by atoms with van der Waals surface area (Å²) in [6.07, 6.45) is 3.80. The number of hydrogen-bond acceptors (Lipinski definition) is 2. The highest BCUT2D eigenvalue weighted by Gasteiger charge is 2.46. The molecule has 3 nitrogen and oxygen atoms in total. The van der Waals surface area contributed by atoms with E-state index in [0.717, 1.165) is 12.0 Å². The van der Waals surface area contributed by atoms with Gasteiger partial charge in [0.05, 0.1) is 6.17 Å². The molecule has 4 unspecified atom stereocenters. The molecular formula is C18H26N2O. The number of nitrogens with zero attached hydrogens (tertiary/aromatic N) is 1. The van der Waals surface area contributed by atoms with Crippen molar-refractivity contribution in [3.05, 3.63) is 35.9 Å². The summed E-state index contributed by atoms with van der Waals surface area (Å²) >= 11 is 0. The summed E-state index contributed by atoms with van der Waals surface area (Å²) < 4.78 is 0. The Morgan fingerprint density at radius 2 is 1.90 bits per heavy atom. The van der Waals surface area contributed by atoms with E-state index in [4.69, 9.17) is 0 Å². The van der Waals surface area contributed by atoms with Gasteiger partial charge in [-0.05, 0) is 30.2 Å². The second kappa shape index (κ2) is 5.80. The van der Waals surface area contributed by atoms with Crippen LogP contribution in [0, 0.1) is 11.8 Å². The van der Waals surface area contributed by atoms with E-state index in [2.05, 4.69) is 43.1 Å². The highest BCUT2D eigenvalue weighted by molar-refractivity contribution is 5.86. The smallest absolute Gasteiger partial charge is 0.245 e. The average molecular weight is 286 g/mol. The summed E-state index contributed by atoms with van der Waals surface area (Å²) in [5.74, 6) is 1.31. The van der Waals surface area contributed by atoms with E-state index >= 15 is 0 Å². The van der Waals surface area contributed by atoms with Gasteiger partial charge in [0.1, 0.15) is 6.04 Å². The van der Waals surface area contributed by atoms with Gasteiger partial charge in [0, 0.05) is 6.04 Å². The van der Waals surface area contributed by atoms with Crippen LogP contribution in [0.4, 0.5) is 0 Å². The van der Waals surface area contributed by atoms with E-state index in [1.807, 2.05) is 18.2 Å². The summed E-state index contributed by atoms with van der Waals surface area (Å²) in [5.41, 5.74) is 1.08. The van der Waals surface area contributed by atoms with Crippen LogP contribution in [0.15, 0.2) is 30.3 Å². The lowest BCUT2D eigenvalue weighted by Crippen LogP contribution is -2.48. The van der Waals surface area contributed by atoms with Crippen LogP contribution in [0.3, 0.4) is 0 Å². The minimum absolute atomic E-state index is 0.160. The molecule has 3 heteroatoms. The van der Waals surface area contributed by atoms with E-state index in [0.29, 0.717) is 17.9 Å². The predicted octanol–water partition coefficient (Wildman–Crippen LogP) is 3.33. The van der Waals surface area contributed by atoms with Gasteiger partial charge in [-0.25, -0.2) is 0 Å².